The zero-order valence-corrected chi connectivity index (χ0v) is 10.6. The Kier molecular flexibility index (Phi) is 2.70. The number of nitrogens with zero attached hydrogens (tertiary/aromatic N) is 1. The number of halogens is 5. The number of benzene rings is 1. The molecule has 1 N–H and O–H groups in total. The molecule has 0 radical (unpaired) electrons. The summed E-state index contributed by atoms with van der Waals surface area (Å²) >= 11 is 0. The van der Waals surface area contributed by atoms with Crippen LogP contribution in [0.3, 0.4) is 0 Å². The van der Waals surface area contributed by atoms with Gasteiger partial charge in [-0.15, -0.1) is 0 Å². The monoisotopic (exact) mass is 312 g/mol. The van der Waals surface area contributed by atoms with Gasteiger partial charge in [-0.1, -0.05) is 19.4 Å². The average Bonchev–Trinajstić information content (AvgIpc) is 2.79. The van der Waals surface area contributed by atoms with E-state index in [4.69, 9.17) is 0 Å². The predicted molar refractivity (Wildman–Crippen MR) is 66.7 cm³/mol. The summed E-state index contributed by atoms with van der Waals surface area (Å²) in [5, 5.41) is 2.27. The molecule has 0 atom stereocenters. The van der Waals surface area contributed by atoms with E-state index in [1.807, 2.05) is 0 Å². The van der Waals surface area contributed by atoms with Gasteiger partial charge in [0.25, 0.3) is 0 Å². The Morgan fingerprint density at radius 1 is 0.950 bits per heavy atom. The Hall–Kier alpha value is -2.03. The molecule has 1 amide bonds. The second kappa shape index (κ2) is 3.75. The summed E-state index contributed by atoms with van der Waals surface area (Å²) in [5.74, 6) is 0. The second-order valence-electron chi connectivity index (χ2n) is 4.01. The summed E-state index contributed by atoms with van der Waals surface area (Å²) < 4.78 is 63.5. The van der Waals surface area contributed by atoms with Crippen molar-refractivity contribution in [1.82, 2.24) is 4.57 Å². The highest BCUT2D eigenvalue weighted by Gasteiger charge is 2.65. The number of anilines is 1. The highest BCUT2D eigenvalue weighted by atomic mass is 32.5. The molecular formula is C11H9F5N2OS. The quantitative estimate of drug-likeness (QED) is 0.757. The Labute approximate surface area is 110 Å². The number of aromatic nitrogens is 1. The van der Waals surface area contributed by atoms with Crippen LogP contribution in [0.2, 0.25) is 0 Å². The van der Waals surface area contributed by atoms with Crippen LogP contribution in [0.25, 0.3) is 0 Å². The molecule has 0 spiro atoms. The highest BCUT2D eigenvalue weighted by molar-refractivity contribution is 8.45. The minimum Gasteiger partial charge on any atom is -0.307 e. The number of nitrogens with one attached hydrogen (secondary N) is 1. The molecule has 1 aromatic heterocycles. The van der Waals surface area contributed by atoms with E-state index in [9.17, 15) is 24.2 Å². The van der Waals surface area contributed by atoms with E-state index in [1.54, 1.807) is 12.1 Å². The van der Waals surface area contributed by atoms with Gasteiger partial charge in [-0.25, -0.2) is 4.79 Å². The predicted octanol–water partition coefficient (Wildman–Crippen LogP) is 5.23. The lowest BCUT2D eigenvalue weighted by atomic mass is 10.3. The minimum absolute atomic E-state index is 0.0192. The molecule has 20 heavy (non-hydrogen) atoms. The molecule has 0 aliphatic carbocycles. The molecule has 0 fully saturated rings. The fourth-order valence-electron chi connectivity index (χ4n) is 1.45. The molecule has 9 heteroatoms. The molecule has 1 aromatic carbocycles. The Balaban J connectivity index is 2.20. The maximum atomic E-state index is 12.5. The van der Waals surface area contributed by atoms with Crippen molar-refractivity contribution in [2.75, 3.05) is 5.32 Å². The van der Waals surface area contributed by atoms with Crippen LogP contribution >= 0.6 is 10.2 Å². The van der Waals surface area contributed by atoms with Crippen molar-refractivity contribution in [2.45, 2.75) is 4.90 Å². The van der Waals surface area contributed by atoms with Crippen molar-refractivity contribution < 1.29 is 24.2 Å². The van der Waals surface area contributed by atoms with Crippen LogP contribution in [0.1, 0.15) is 0 Å². The Bertz CT molecular complexity index is 634. The van der Waals surface area contributed by atoms with Crippen molar-refractivity contribution in [2.24, 2.45) is 0 Å². The first kappa shape index (κ1) is 14.4. The van der Waals surface area contributed by atoms with Crippen molar-refractivity contribution in [1.29, 1.82) is 0 Å². The van der Waals surface area contributed by atoms with Gasteiger partial charge in [-0.3, -0.25) is 4.57 Å². The number of hydrogen-bond acceptors (Lipinski definition) is 1. The summed E-state index contributed by atoms with van der Waals surface area (Å²) in [6, 6.07) is 4.58. The minimum atomic E-state index is -9.67. The number of hydrogen-bond donors (Lipinski definition) is 1. The van der Waals surface area contributed by atoms with E-state index in [1.165, 1.54) is 12.4 Å². The van der Waals surface area contributed by atoms with E-state index in [2.05, 4.69) is 5.32 Å². The summed E-state index contributed by atoms with van der Waals surface area (Å²) in [6.45, 7) is 0. The maximum Gasteiger partial charge on any atom is 0.329 e. The molecule has 0 saturated carbocycles. The van der Waals surface area contributed by atoms with Crippen LogP contribution in [-0.2, 0) is 0 Å². The van der Waals surface area contributed by atoms with Crippen LogP contribution in [-0.4, -0.2) is 10.6 Å². The molecule has 2 rings (SSSR count). The van der Waals surface area contributed by atoms with E-state index < -0.39 is 21.2 Å². The van der Waals surface area contributed by atoms with Crippen LogP contribution in [0, 0.1) is 0 Å². The second-order valence-corrected chi connectivity index (χ2v) is 6.42. The standard InChI is InChI=1S/C11H9F5N2OS/c12-20(13,14,15,16)10-5-3-9(4-6-10)17-11(19)18-7-1-2-8-18/h1-8H,(H,17,19). The normalized spacial score (nSPS) is 15.2. The fraction of sp³-hybridized carbons (Fsp3) is 0. The topological polar surface area (TPSA) is 34.0 Å². The van der Waals surface area contributed by atoms with Gasteiger partial charge in [0.2, 0.25) is 0 Å². The van der Waals surface area contributed by atoms with E-state index >= 15 is 0 Å². The summed E-state index contributed by atoms with van der Waals surface area (Å²) in [7, 11) is -9.67. The molecule has 0 bridgehead atoms. The lowest BCUT2D eigenvalue weighted by Gasteiger charge is -2.40. The molecule has 0 saturated heterocycles. The first-order chi connectivity index (χ1) is 8.95. The van der Waals surface area contributed by atoms with Gasteiger partial charge in [-0.2, -0.15) is 0 Å². The van der Waals surface area contributed by atoms with Gasteiger partial charge in [0.05, 0.1) is 0 Å². The third-order valence-corrected chi connectivity index (χ3v) is 3.55. The van der Waals surface area contributed by atoms with Crippen LogP contribution in [0.5, 0.6) is 0 Å². The summed E-state index contributed by atoms with van der Waals surface area (Å²) in [6.07, 6.45) is 2.86. The van der Waals surface area contributed by atoms with Gasteiger partial charge < -0.3 is 5.32 Å². The van der Waals surface area contributed by atoms with Crippen LogP contribution in [0.4, 0.5) is 29.9 Å². The number of amides is 1. The van der Waals surface area contributed by atoms with Gasteiger partial charge in [0.1, 0.15) is 4.90 Å². The molecule has 2 aromatic rings. The zero-order valence-electron chi connectivity index (χ0n) is 9.77. The average molecular weight is 312 g/mol. The van der Waals surface area contributed by atoms with Crippen molar-refractivity contribution in [3.05, 3.63) is 48.8 Å². The van der Waals surface area contributed by atoms with Crippen molar-refractivity contribution in [3.63, 3.8) is 0 Å². The third-order valence-electron chi connectivity index (χ3n) is 2.39. The molecule has 0 unspecified atom stereocenters. The number of carbonyl (C=O) groups excluding carboxylic acids is 1. The molecule has 1 heterocycles. The molecule has 3 nitrogen and oxygen atoms in total. The lowest BCUT2D eigenvalue weighted by Crippen LogP contribution is -2.17. The van der Waals surface area contributed by atoms with Gasteiger partial charge in [0, 0.05) is 18.1 Å². The summed E-state index contributed by atoms with van der Waals surface area (Å²) in [4.78, 5) is 9.58. The lowest BCUT2D eigenvalue weighted by molar-refractivity contribution is 0.253. The molecule has 0 aliphatic rings. The zero-order chi connectivity index (χ0) is 15.1. The molecular weight excluding hydrogens is 303 g/mol. The fourth-order valence-corrected chi connectivity index (χ4v) is 2.10. The maximum absolute atomic E-state index is 12.5. The van der Waals surface area contributed by atoms with Gasteiger partial charge >= 0.3 is 16.3 Å². The Morgan fingerprint density at radius 2 is 1.45 bits per heavy atom. The van der Waals surface area contributed by atoms with E-state index in [0.717, 1.165) is 16.7 Å². The number of carbonyl (C=O) groups is 1. The smallest absolute Gasteiger partial charge is 0.307 e. The summed E-state index contributed by atoms with van der Waals surface area (Å²) in [5.41, 5.74) is -0.0192. The largest absolute Gasteiger partial charge is 0.329 e. The van der Waals surface area contributed by atoms with Crippen molar-refractivity contribution >= 4 is 21.9 Å². The highest BCUT2D eigenvalue weighted by Crippen LogP contribution is 3.02. The van der Waals surface area contributed by atoms with Crippen LogP contribution < -0.4 is 5.32 Å². The van der Waals surface area contributed by atoms with Crippen LogP contribution in [0.15, 0.2) is 53.7 Å². The first-order valence-corrected chi connectivity index (χ1v) is 7.19. The first-order valence-electron chi connectivity index (χ1n) is 5.24. The molecule has 110 valence electrons. The van der Waals surface area contributed by atoms with Gasteiger partial charge in [0.15, 0.2) is 0 Å². The van der Waals surface area contributed by atoms with E-state index in [0.29, 0.717) is 0 Å². The Morgan fingerprint density at radius 3 is 1.90 bits per heavy atom. The third kappa shape index (κ3) is 3.29. The number of rotatable bonds is 2. The molecule has 0 aliphatic heterocycles. The van der Waals surface area contributed by atoms with E-state index in [-0.39, 0.29) is 17.8 Å². The van der Waals surface area contributed by atoms with Crippen molar-refractivity contribution in [3.8, 4) is 0 Å². The van der Waals surface area contributed by atoms with Gasteiger partial charge in [-0.05, 0) is 36.4 Å². The SMILES string of the molecule is O=C(Nc1ccc(S(F)(F)(F)(F)F)cc1)n1cccc1.